The van der Waals surface area contributed by atoms with Gasteiger partial charge in [-0.1, -0.05) is 11.7 Å². The van der Waals surface area contributed by atoms with Gasteiger partial charge in [-0.15, -0.1) is 0 Å². The molecule has 0 bridgehead atoms. The maximum Gasteiger partial charge on any atom is 0.360 e. The second kappa shape index (κ2) is 5.58. The normalized spacial score (nSPS) is 10.5. The van der Waals surface area contributed by atoms with Crippen molar-refractivity contribution in [3.05, 3.63) is 20.6 Å². The summed E-state index contributed by atoms with van der Waals surface area (Å²) in [6.07, 6.45) is 0. The third-order valence-electron chi connectivity index (χ3n) is 1.81. The first kappa shape index (κ1) is 13.4. The lowest BCUT2D eigenvalue weighted by molar-refractivity contribution is 0.182. The Balaban J connectivity index is 3.05. The molecule has 0 spiro atoms. The van der Waals surface area contributed by atoms with Crippen molar-refractivity contribution in [3.8, 4) is 0 Å². The van der Waals surface area contributed by atoms with E-state index in [0.29, 0.717) is 16.0 Å². The third kappa shape index (κ3) is 2.70. The average molecular weight is 309 g/mol. The highest BCUT2D eigenvalue weighted by molar-refractivity contribution is 9.10. The van der Waals surface area contributed by atoms with Gasteiger partial charge in [0.05, 0.1) is 5.75 Å². The molecule has 0 radical (unpaired) electrons. The number of halogens is 1. The van der Waals surface area contributed by atoms with Crippen LogP contribution >= 0.6 is 27.7 Å². The fourth-order valence-corrected chi connectivity index (χ4v) is 2.14. The zero-order valence-electron chi connectivity index (χ0n) is 9.32. The van der Waals surface area contributed by atoms with E-state index in [2.05, 4.69) is 15.9 Å². The molecule has 1 amide bonds. The second-order valence-electron chi connectivity index (χ2n) is 3.24. The monoisotopic (exact) mass is 308 g/mol. The Morgan fingerprint density at radius 1 is 1.56 bits per heavy atom. The lowest BCUT2D eigenvalue weighted by Crippen LogP contribution is -2.33. The Morgan fingerprint density at radius 2 is 2.19 bits per heavy atom. The van der Waals surface area contributed by atoms with Crippen molar-refractivity contribution in [1.82, 2.24) is 9.64 Å². The van der Waals surface area contributed by atoms with Crippen LogP contribution in [0.3, 0.4) is 0 Å². The molecule has 0 saturated heterocycles. The maximum atomic E-state index is 11.7. The number of aromatic nitrogens is 1. The minimum atomic E-state index is -0.488. The predicted molar refractivity (Wildman–Crippen MR) is 67.0 cm³/mol. The molecular weight excluding hydrogens is 296 g/mol. The molecule has 1 rings (SSSR count). The summed E-state index contributed by atoms with van der Waals surface area (Å²) < 4.78 is 6.30. The summed E-state index contributed by atoms with van der Waals surface area (Å²) in [4.78, 5) is 24.5. The van der Waals surface area contributed by atoms with E-state index in [1.165, 1.54) is 4.90 Å². The number of carbonyl (C=O) groups excluding carboxylic acids is 1. The summed E-state index contributed by atoms with van der Waals surface area (Å²) in [5, 5.41) is 0. The van der Waals surface area contributed by atoms with Gasteiger partial charge >= 0.3 is 11.6 Å². The van der Waals surface area contributed by atoms with E-state index in [4.69, 9.17) is 4.52 Å². The molecule has 5 nitrogen and oxygen atoms in total. The number of hydrogen-bond donors (Lipinski definition) is 0. The van der Waals surface area contributed by atoms with Crippen LogP contribution in [0.15, 0.2) is 13.8 Å². The minimum Gasteiger partial charge on any atom is -0.369 e. The fraction of sp³-hybridized carbons (Fsp3) is 0.556. The maximum absolute atomic E-state index is 11.7. The van der Waals surface area contributed by atoms with Crippen LogP contribution in [0, 0.1) is 0 Å². The molecule has 0 aliphatic heterocycles. The topological polar surface area (TPSA) is 55.5 Å². The number of rotatable bonds is 3. The van der Waals surface area contributed by atoms with Crippen LogP contribution in [0.4, 0.5) is 4.79 Å². The molecular formula is C9H13BrN2O3S. The molecule has 0 N–H and O–H groups in total. The highest BCUT2D eigenvalue weighted by Crippen LogP contribution is 2.19. The van der Waals surface area contributed by atoms with E-state index in [-0.39, 0.29) is 0 Å². The smallest absolute Gasteiger partial charge is 0.360 e. The summed E-state index contributed by atoms with van der Waals surface area (Å²) in [6.45, 7) is 2.01. The van der Waals surface area contributed by atoms with Gasteiger partial charge in [0, 0.05) is 14.1 Å². The SMILES string of the molecule is CCSCc1on(C(=O)N(C)C)c(=O)c1Br. The van der Waals surface area contributed by atoms with Crippen LogP contribution in [0.25, 0.3) is 0 Å². The van der Waals surface area contributed by atoms with Gasteiger partial charge in [0.2, 0.25) is 0 Å². The highest BCUT2D eigenvalue weighted by atomic mass is 79.9. The van der Waals surface area contributed by atoms with Crippen LogP contribution in [-0.4, -0.2) is 35.5 Å². The van der Waals surface area contributed by atoms with E-state index in [1.807, 2.05) is 6.92 Å². The first-order chi connectivity index (χ1) is 7.49. The number of hydrogen-bond acceptors (Lipinski definition) is 4. The van der Waals surface area contributed by atoms with E-state index < -0.39 is 11.6 Å². The van der Waals surface area contributed by atoms with Crippen molar-refractivity contribution >= 4 is 33.7 Å². The molecule has 1 aromatic rings. The van der Waals surface area contributed by atoms with Gasteiger partial charge in [-0.25, -0.2) is 4.79 Å². The Kier molecular flexibility index (Phi) is 4.67. The second-order valence-corrected chi connectivity index (χ2v) is 5.31. The molecule has 0 fully saturated rings. The van der Waals surface area contributed by atoms with Crippen LogP contribution < -0.4 is 5.56 Å². The van der Waals surface area contributed by atoms with Crippen molar-refractivity contribution in [2.24, 2.45) is 0 Å². The van der Waals surface area contributed by atoms with Crippen LogP contribution in [0.2, 0.25) is 0 Å². The lowest BCUT2D eigenvalue weighted by atomic mass is 10.5. The Labute approximate surface area is 106 Å². The Bertz CT molecular complexity index is 438. The minimum absolute atomic E-state index is 0.323. The molecule has 0 saturated carbocycles. The van der Waals surface area contributed by atoms with E-state index in [9.17, 15) is 9.59 Å². The van der Waals surface area contributed by atoms with Gasteiger partial charge in [0.15, 0.2) is 5.76 Å². The molecule has 0 aliphatic rings. The zero-order chi connectivity index (χ0) is 12.3. The summed E-state index contributed by atoms with van der Waals surface area (Å²) in [7, 11) is 3.12. The highest BCUT2D eigenvalue weighted by Gasteiger charge is 2.20. The Morgan fingerprint density at radius 3 is 2.69 bits per heavy atom. The summed E-state index contributed by atoms with van der Waals surface area (Å²) >= 11 is 4.75. The van der Waals surface area contributed by atoms with E-state index in [1.54, 1.807) is 25.9 Å². The molecule has 1 aromatic heterocycles. The summed E-state index contributed by atoms with van der Waals surface area (Å²) in [5.41, 5.74) is -0.453. The summed E-state index contributed by atoms with van der Waals surface area (Å²) in [6, 6.07) is -0.488. The first-order valence-corrected chi connectivity index (χ1v) is 6.63. The van der Waals surface area contributed by atoms with Crippen molar-refractivity contribution in [3.63, 3.8) is 0 Å². The Hall–Kier alpha value is -0.690. The number of amides is 1. The van der Waals surface area contributed by atoms with Gasteiger partial charge in [-0.3, -0.25) is 4.79 Å². The summed E-state index contributed by atoms with van der Waals surface area (Å²) in [5.74, 6) is 1.98. The molecule has 7 heteroatoms. The fourth-order valence-electron chi connectivity index (χ4n) is 0.992. The lowest BCUT2D eigenvalue weighted by Gasteiger charge is -2.07. The van der Waals surface area contributed by atoms with Gasteiger partial charge in [-0.05, 0) is 21.7 Å². The molecule has 1 heterocycles. The van der Waals surface area contributed by atoms with E-state index >= 15 is 0 Å². The molecule has 0 atom stereocenters. The van der Waals surface area contributed by atoms with Crippen LogP contribution in [-0.2, 0) is 5.75 Å². The predicted octanol–water partition coefficient (Wildman–Crippen LogP) is 1.99. The van der Waals surface area contributed by atoms with Crippen molar-refractivity contribution in [2.45, 2.75) is 12.7 Å². The number of thioether (sulfide) groups is 1. The average Bonchev–Trinajstić information content (AvgIpc) is 2.52. The number of carbonyl (C=O) groups is 1. The van der Waals surface area contributed by atoms with Crippen molar-refractivity contribution < 1.29 is 9.32 Å². The van der Waals surface area contributed by atoms with Crippen LogP contribution in [0.5, 0.6) is 0 Å². The standard InChI is InChI=1S/C9H13BrN2O3S/c1-4-16-5-6-7(10)8(13)12(15-6)9(14)11(2)3/h4-5H2,1-3H3. The quantitative estimate of drug-likeness (QED) is 0.857. The van der Waals surface area contributed by atoms with Crippen LogP contribution in [0.1, 0.15) is 12.7 Å². The molecule has 0 unspecified atom stereocenters. The molecule has 90 valence electrons. The van der Waals surface area contributed by atoms with E-state index in [0.717, 1.165) is 10.5 Å². The van der Waals surface area contributed by atoms with Crippen molar-refractivity contribution in [1.29, 1.82) is 0 Å². The largest absolute Gasteiger partial charge is 0.369 e. The zero-order valence-corrected chi connectivity index (χ0v) is 11.7. The molecule has 0 aliphatic carbocycles. The third-order valence-corrected chi connectivity index (χ3v) is 3.47. The number of nitrogens with zero attached hydrogens (tertiary/aromatic N) is 2. The first-order valence-electron chi connectivity index (χ1n) is 4.69. The van der Waals surface area contributed by atoms with Gasteiger partial charge < -0.3 is 9.42 Å². The van der Waals surface area contributed by atoms with Gasteiger partial charge in [-0.2, -0.15) is 11.8 Å². The molecule has 0 aromatic carbocycles. The van der Waals surface area contributed by atoms with Gasteiger partial charge in [0.25, 0.3) is 0 Å². The van der Waals surface area contributed by atoms with Crippen molar-refractivity contribution in [2.75, 3.05) is 19.8 Å². The molecule has 16 heavy (non-hydrogen) atoms. The van der Waals surface area contributed by atoms with Gasteiger partial charge in [0.1, 0.15) is 4.47 Å².